The Bertz CT molecular complexity index is 955. The molecule has 3 rings (SSSR count). The summed E-state index contributed by atoms with van der Waals surface area (Å²) in [5, 5.41) is 3.47. The van der Waals surface area contributed by atoms with Crippen LogP contribution in [0.4, 0.5) is 5.69 Å². The zero-order chi connectivity index (χ0) is 17.6. The third-order valence-electron chi connectivity index (χ3n) is 3.93. The number of carbonyl (C=O) groups excluding carboxylic acids is 1. The number of hydrogen-bond acceptors (Lipinski definition) is 2. The van der Waals surface area contributed by atoms with E-state index in [0.717, 1.165) is 26.8 Å². The van der Waals surface area contributed by atoms with E-state index in [2.05, 4.69) is 26.2 Å². The van der Waals surface area contributed by atoms with Gasteiger partial charge in [0.05, 0.1) is 16.4 Å². The normalized spacial score (nSPS) is 11.1. The molecule has 0 aliphatic carbocycles. The largest absolute Gasteiger partial charge is 0.319 e. The van der Waals surface area contributed by atoms with Crippen molar-refractivity contribution in [3.63, 3.8) is 0 Å². The fourth-order valence-corrected chi connectivity index (χ4v) is 3.82. The number of amides is 1. The fraction of sp³-hybridized carbons (Fsp3) is 0.222. The van der Waals surface area contributed by atoms with Crippen LogP contribution in [0.15, 0.2) is 28.9 Å². The molecule has 0 spiro atoms. The zero-order valence-corrected chi connectivity index (χ0v) is 16.2. The summed E-state index contributed by atoms with van der Waals surface area (Å²) in [6.45, 7) is 7.70. The van der Waals surface area contributed by atoms with E-state index >= 15 is 0 Å². The average Bonchev–Trinajstić information content (AvgIpc) is 2.79. The van der Waals surface area contributed by atoms with Gasteiger partial charge in [0.15, 0.2) is 0 Å². The Balaban J connectivity index is 2.09. The SMILES string of the molecule is Cc1cc(C)c(NC(=O)c2c(C)nc3c(C)cc(Br)cn23)c(Cl)c1. The second-order valence-corrected chi connectivity index (χ2v) is 7.30. The summed E-state index contributed by atoms with van der Waals surface area (Å²) in [6, 6.07) is 5.81. The Morgan fingerprint density at radius 2 is 1.88 bits per heavy atom. The van der Waals surface area contributed by atoms with Crippen LogP contribution in [0.5, 0.6) is 0 Å². The lowest BCUT2D eigenvalue weighted by atomic mass is 10.1. The Kier molecular flexibility index (Phi) is 4.40. The van der Waals surface area contributed by atoms with Crippen molar-refractivity contribution in [3.05, 3.63) is 62.0 Å². The monoisotopic (exact) mass is 405 g/mol. The first-order valence-electron chi connectivity index (χ1n) is 7.51. The summed E-state index contributed by atoms with van der Waals surface area (Å²) in [5.41, 5.74) is 5.57. The lowest BCUT2D eigenvalue weighted by Crippen LogP contribution is -2.16. The van der Waals surface area contributed by atoms with Crippen LogP contribution in [0, 0.1) is 27.7 Å². The summed E-state index contributed by atoms with van der Waals surface area (Å²) in [7, 11) is 0. The van der Waals surface area contributed by atoms with Gasteiger partial charge in [-0.05, 0) is 72.4 Å². The molecule has 0 unspecified atom stereocenters. The van der Waals surface area contributed by atoms with Gasteiger partial charge in [0, 0.05) is 10.7 Å². The van der Waals surface area contributed by atoms with Gasteiger partial charge in [0.2, 0.25) is 0 Å². The van der Waals surface area contributed by atoms with E-state index in [0.29, 0.717) is 22.1 Å². The maximum atomic E-state index is 12.9. The van der Waals surface area contributed by atoms with E-state index < -0.39 is 0 Å². The van der Waals surface area contributed by atoms with Crippen molar-refractivity contribution in [3.8, 4) is 0 Å². The highest BCUT2D eigenvalue weighted by Gasteiger charge is 2.19. The number of aromatic nitrogens is 2. The molecule has 0 radical (unpaired) electrons. The maximum absolute atomic E-state index is 12.9. The molecule has 1 amide bonds. The predicted molar refractivity (Wildman–Crippen MR) is 101 cm³/mol. The van der Waals surface area contributed by atoms with Gasteiger partial charge in [-0.25, -0.2) is 4.98 Å². The lowest BCUT2D eigenvalue weighted by molar-refractivity contribution is 0.102. The van der Waals surface area contributed by atoms with Gasteiger partial charge >= 0.3 is 0 Å². The van der Waals surface area contributed by atoms with Gasteiger partial charge < -0.3 is 5.32 Å². The van der Waals surface area contributed by atoms with Crippen LogP contribution in [-0.2, 0) is 0 Å². The highest BCUT2D eigenvalue weighted by Crippen LogP contribution is 2.28. The van der Waals surface area contributed by atoms with Crippen molar-refractivity contribution < 1.29 is 4.79 Å². The van der Waals surface area contributed by atoms with Crippen molar-refractivity contribution in [2.24, 2.45) is 0 Å². The van der Waals surface area contributed by atoms with E-state index in [-0.39, 0.29) is 5.91 Å². The number of imidazole rings is 1. The molecule has 0 atom stereocenters. The predicted octanol–water partition coefficient (Wildman–Crippen LogP) is 5.24. The molecular formula is C18H17BrClN3O. The number of anilines is 1. The molecule has 1 N–H and O–H groups in total. The van der Waals surface area contributed by atoms with Crippen LogP contribution in [0.2, 0.25) is 5.02 Å². The first-order valence-corrected chi connectivity index (χ1v) is 8.68. The molecule has 2 aromatic heterocycles. The van der Waals surface area contributed by atoms with Gasteiger partial charge in [-0.2, -0.15) is 0 Å². The third kappa shape index (κ3) is 2.94. The third-order valence-corrected chi connectivity index (χ3v) is 4.66. The first-order chi connectivity index (χ1) is 11.3. The second kappa shape index (κ2) is 6.22. The number of hydrogen-bond donors (Lipinski definition) is 1. The van der Waals surface area contributed by atoms with E-state index in [4.69, 9.17) is 11.6 Å². The molecule has 4 nitrogen and oxygen atoms in total. The molecule has 124 valence electrons. The summed E-state index contributed by atoms with van der Waals surface area (Å²) >= 11 is 9.78. The van der Waals surface area contributed by atoms with Crippen LogP contribution >= 0.6 is 27.5 Å². The highest BCUT2D eigenvalue weighted by molar-refractivity contribution is 9.10. The Morgan fingerprint density at radius 3 is 2.54 bits per heavy atom. The number of aryl methyl sites for hydroxylation is 4. The van der Waals surface area contributed by atoms with E-state index in [9.17, 15) is 4.79 Å². The minimum absolute atomic E-state index is 0.230. The maximum Gasteiger partial charge on any atom is 0.274 e. The van der Waals surface area contributed by atoms with E-state index in [1.807, 2.05) is 56.5 Å². The van der Waals surface area contributed by atoms with Crippen molar-refractivity contribution in [2.75, 3.05) is 5.32 Å². The van der Waals surface area contributed by atoms with E-state index in [1.165, 1.54) is 0 Å². The van der Waals surface area contributed by atoms with Crippen molar-refractivity contribution in [1.29, 1.82) is 0 Å². The summed E-state index contributed by atoms with van der Waals surface area (Å²) < 4.78 is 2.70. The second-order valence-electron chi connectivity index (χ2n) is 5.97. The van der Waals surface area contributed by atoms with Gasteiger partial charge in [-0.1, -0.05) is 17.7 Å². The highest BCUT2D eigenvalue weighted by atomic mass is 79.9. The number of carbonyl (C=O) groups is 1. The van der Waals surface area contributed by atoms with Gasteiger partial charge in [0.25, 0.3) is 5.91 Å². The van der Waals surface area contributed by atoms with Gasteiger partial charge in [-0.15, -0.1) is 0 Å². The van der Waals surface area contributed by atoms with Gasteiger partial charge in [0.1, 0.15) is 11.3 Å². The zero-order valence-electron chi connectivity index (χ0n) is 13.9. The standard InChI is InChI=1S/C18H17BrClN3O/c1-9-5-10(2)15(14(20)6-9)22-18(24)16-12(4)21-17-11(3)7-13(19)8-23(16)17/h5-8H,1-4H3,(H,22,24). The number of nitrogens with zero attached hydrogens (tertiary/aromatic N) is 2. The summed E-state index contributed by atoms with van der Waals surface area (Å²) in [4.78, 5) is 17.4. The van der Waals surface area contributed by atoms with Crippen LogP contribution in [0.3, 0.4) is 0 Å². The minimum atomic E-state index is -0.230. The fourth-order valence-electron chi connectivity index (χ4n) is 2.90. The van der Waals surface area contributed by atoms with Crippen molar-refractivity contribution in [1.82, 2.24) is 9.38 Å². The molecule has 0 aliphatic rings. The molecule has 2 heterocycles. The van der Waals surface area contributed by atoms with Crippen LogP contribution in [0.1, 0.15) is 32.9 Å². The molecule has 0 fully saturated rings. The molecule has 0 saturated heterocycles. The average molecular weight is 407 g/mol. The number of fused-ring (bicyclic) bond motifs is 1. The Labute approximate surface area is 154 Å². The number of nitrogens with one attached hydrogen (secondary N) is 1. The lowest BCUT2D eigenvalue weighted by Gasteiger charge is -2.12. The number of halogens is 2. The summed E-state index contributed by atoms with van der Waals surface area (Å²) in [6.07, 6.45) is 1.85. The smallest absolute Gasteiger partial charge is 0.274 e. The molecule has 0 aliphatic heterocycles. The molecule has 24 heavy (non-hydrogen) atoms. The number of rotatable bonds is 2. The Morgan fingerprint density at radius 1 is 1.17 bits per heavy atom. The topological polar surface area (TPSA) is 46.4 Å². The molecule has 3 aromatic rings. The molecule has 6 heteroatoms. The van der Waals surface area contributed by atoms with Crippen molar-refractivity contribution in [2.45, 2.75) is 27.7 Å². The molecule has 0 saturated carbocycles. The minimum Gasteiger partial charge on any atom is -0.319 e. The molecular weight excluding hydrogens is 390 g/mol. The van der Waals surface area contributed by atoms with Crippen LogP contribution in [0.25, 0.3) is 5.65 Å². The molecule has 0 bridgehead atoms. The van der Waals surface area contributed by atoms with E-state index in [1.54, 1.807) is 0 Å². The number of pyridine rings is 1. The number of benzene rings is 1. The first kappa shape index (κ1) is 17.0. The van der Waals surface area contributed by atoms with Crippen LogP contribution in [-0.4, -0.2) is 15.3 Å². The van der Waals surface area contributed by atoms with Gasteiger partial charge in [-0.3, -0.25) is 9.20 Å². The quantitative estimate of drug-likeness (QED) is 0.633. The van der Waals surface area contributed by atoms with Crippen LogP contribution < -0.4 is 5.32 Å². The summed E-state index contributed by atoms with van der Waals surface area (Å²) in [5.74, 6) is -0.230. The van der Waals surface area contributed by atoms with Crippen molar-refractivity contribution >= 4 is 44.8 Å². The Hall–Kier alpha value is -1.85. The molecule has 1 aromatic carbocycles.